The van der Waals surface area contributed by atoms with E-state index in [0.717, 1.165) is 17.7 Å². The van der Waals surface area contributed by atoms with Gasteiger partial charge in [-0.3, -0.25) is 9.79 Å². The minimum Gasteiger partial charge on any atom is -0.493 e. The Morgan fingerprint density at radius 1 is 1.07 bits per heavy atom. The number of hydrogen-bond donors (Lipinski definition) is 3. The van der Waals surface area contributed by atoms with Gasteiger partial charge in [0, 0.05) is 37.8 Å². The lowest BCUT2D eigenvalue weighted by Gasteiger charge is -2.15. The average molecular weight is 413 g/mol. The molecule has 7 nitrogen and oxygen atoms in total. The van der Waals surface area contributed by atoms with Gasteiger partial charge in [-0.15, -0.1) is 0 Å². The van der Waals surface area contributed by atoms with Gasteiger partial charge >= 0.3 is 0 Å². The zero-order valence-electron chi connectivity index (χ0n) is 18.2. The van der Waals surface area contributed by atoms with Crippen LogP contribution in [0.4, 0.5) is 5.69 Å². The third kappa shape index (κ3) is 8.03. The van der Waals surface area contributed by atoms with Crippen LogP contribution in [-0.2, 0) is 11.3 Å². The maximum Gasteiger partial charge on any atom is 0.221 e. The van der Waals surface area contributed by atoms with E-state index in [4.69, 9.17) is 9.47 Å². The van der Waals surface area contributed by atoms with Gasteiger partial charge in [0.05, 0.1) is 13.2 Å². The van der Waals surface area contributed by atoms with Crippen molar-refractivity contribution in [3.63, 3.8) is 0 Å². The molecule has 162 valence electrons. The number of carbonyl (C=O) groups excluding carboxylic acids is 1. The highest BCUT2D eigenvalue weighted by Crippen LogP contribution is 2.20. The molecular formula is C23H32N4O3. The molecule has 2 rings (SSSR count). The lowest BCUT2D eigenvalue weighted by atomic mass is 10.1. The number of ether oxygens (including phenoxy) is 2. The van der Waals surface area contributed by atoms with Gasteiger partial charge in [-0.05, 0) is 37.1 Å². The lowest BCUT2D eigenvalue weighted by Crippen LogP contribution is -2.38. The molecule has 0 atom stereocenters. The number of aryl methyl sites for hydroxylation is 1. The molecule has 2 aromatic carbocycles. The highest BCUT2D eigenvalue weighted by molar-refractivity contribution is 5.88. The molecule has 0 aliphatic carbocycles. The summed E-state index contributed by atoms with van der Waals surface area (Å²) in [5, 5.41) is 9.28. The molecule has 1 amide bonds. The lowest BCUT2D eigenvalue weighted by molar-refractivity contribution is -0.114. The summed E-state index contributed by atoms with van der Waals surface area (Å²) in [6, 6.07) is 13.5. The molecule has 7 heteroatoms. The van der Waals surface area contributed by atoms with Gasteiger partial charge in [-0.1, -0.05) is 25.1 Å². The van der Waals surface area contributed by atoms with Gasteiger partial charge in [0.25, 0.3) is 0 Å². The molecule has 0 aliphatic rings. The highest BCUT2D eigenvalue weighted by Gasteiger charge is 2.06. The fourth-order valence-corrected chi connectivity index (χ4v) is 2.76. The van der Waals surface area contributed by atoms with Crippen molar-refractivity contribution < 1.29 is 14.3 Å². The largest absolute Gasteiger partial charge is 0.493 e. The van der Waals surface area contributed by atoms with Crippen LogP contribution in [0.3, 0.4) is 0 Å². The van der Waals surface area contributed by atoms with E-state index in [0.29, 0.717) is 43.7 Å². The summed E-state index contributed by atoms with van der Waals surface area (Å²) in [5.41, 5.74) is 2.97. The monoisotopic (exact) mass is 412 g/mol. The van der Waals surface area contributed by atoms with Crippen LogP contribution in [-0.4, -0.2) is 38.7 Å². The van der Waals surface area contributed by atoms with Crippen LogP contribution >= 0.6 is 0 Å². The van der Waals surface area contributed by atoms with Gasteiger partial charge in [0.1, 0.15) is 18.1 Å². The number of rotatable bonds is 10. The molecule has 0 heterocycles. The molecule has 2 aromatic rings. The highest BCUT2D eigenvalue weighted by atomic mass is 16.5. The van der Waals surface area contributed by atoms with Crippen molar-refractivity contribution in [3.05, 3.63) is 53.6 Å². The molecule has 0 aliphatic heterocycles. The van der Waals surface area contributed by atoms with Crippen molar-refractivity contribution >= 4 is 17.6 Å². The van der Waals surface area contributed by atoms with Crippen molar-refractivity contribution in [1.82, 2.24) is 10.6 Å². The molecule has 30 heavy (non-hydrogen) atoms. The van der Waals surface area contributed by atoms with Crippen molar-refractivity contribution in [2.45, 2.75) is 33.7 Å². The number of nitrogens with zero attached hydrogens (tertiary/aromatic N) is 1. The van der Waals surface area contributed by atoms with Crippen molar-refractivity contribution in [2.24, 2.45) is 4.99 Å². The summed E-state index contributed by atoms with van der Waals surface area (Å²) >= 11 is 0. The number of anilines is 1. The second-order valence-corrected chi connectivity index (χ2v) is 6.87. The summed E-state index contributed by atoms with van der Waals surface area (Å²) in [4.78, 5) is 15.4. The van der Waals surface area contributed by atoms with E-state index in [2.05, 4.69) is 53.0 Å². The average Bonchev–Trinajstić information content (AvgIpc) is 2.72. The van der Waals surface area contributed by atoms with Crippen LogP contribution in [0.2, 0.25) is 0 Å². The second-order valence-electron chi connectivity index (χ2n) is 6.87. The van der Waals surface area contributed by atoms with E-state index in [-0.39, 0.29) is 5.91 Å². The van der Waals surface area contributed by atoms with E-state index < -0.39 is 0 Å². The predicted molar refractivity (Wildman–Crippen MR) is 121 cm³/mol. The van der Waals surface area contributed by atoms with Crippen LogP contribution in [0.1, 0.15) is 31.4 Å². The fraction of sp³-hybridized carbons (Fsp3) is 0.391. The van der Waals surface area contributed by atoms with Crippen molar-refractivity contribution in [3.8, 4) is 11.5 Å². The number of carbonyl (C=O) groups is 1. The standard InChI is InChI=1S/C23H32N4O3/c1-5-12-30-22-14-17(2)9-10-19(22)16-26-23(24-4)25-11-13-29-21-8-6-7-20(15-21)27-18(3)28/h6-10,14-15H,5,11-13,16H2,1-4H3,(H,27,28)(H2,24,25,26). The first-order valence-corrected chi connectivity index (χ1v) is 10.2. The maximum atomic E-state index is 11.2. The van der Waals surface area contributed by atoms with Crippen LogP contribution in [0, 0.1) is 6.92 Å². The van der Waals surface area contributed by atoms with Crippen LogP contribution in [0.15, 0.2) is 47.5 Å². The van der Waals surface area contributed by atoms with Crippen LogP contribution < -0.4 is 25.4 Å². The summed E-state index contributed by atoms with van der Waals surface area (Å²) in [7, 11) is 1.73. The van der Waals surface area contributed by atoms with E-state index in [1.165, 1.54) is 12.5 Å². The number of nitrogens with one attached hydrogen (secondary N) is 3. The molecule has 0 saturated heterocycles. The molecule has 0 saturated carbocycles. The summed E-state index contributed by atoms with van der Waals surface area (Å²) in [6.07, 6.45) is 0.970. The normalized spacial score (nSPS) is 11.0. The number of benzene rings is 2. The molecule has 3 N–H and O–H groups in total. The third-order valence-corrected chi connectivity index (χ3v) is 4.17. The zero-order chi connectivity index (χ0) is 21.8. The minimum absolute atomic E-state index is 0.111. The SMILES string of the molecule is CCCOc1cc(C)ccc1CNC(=NC)NCCOc1cccc(NC(C)=O)c1. The molecule has 0 radical (unpaired) electrons. The van der Waals surface area contributed by atoms with E-state index in [1.807, 2.05) is 18.2 Å². The Bertz CT molecular complexity index is 852. The molecule has 0 bridgehead atoms. The number of aliphatic imine (C=N–C) groups is 1. The topological polar surface area (TPSA) is 84.0 Å². The van der Waals surface area contributed by atoms with E-state index in [9.17, 15) is 4.79 Å². The summed E-state index contributed by atoms with van der Waals surface area (Å²) in [6.45, 7) is 7.98. The Hall–Kier alpha value is -3.22. The Morgan fingerprint density at radius 3 is 2.63 bits per heavy atom. The first-order chi connectivity index (χ1) is 14.5. The Balaban J connectivity index is 1.80. The van der Waals surface area contributed by atoms with E-state index >= 15 is 0 Å². The number of guanidine groups is 1. The number of hydrogen-bond acceptors (Lipinski definition) is 4. The van der Waals surface area contributed by atoms with Crippen LogP contribution in [0.25, 0.3) is 0 Å². The Morgan fingerprint density at radius 2 is 1.90 bits per heavy atom. The first-order valence-electron chi connectivity index (χ1n) is 10.2. The van der Waals surface area contributed by atoms with Crippen molar-refractivity contribution in [1.29, 1.82) is 0 Å². The summed E-state index contributed by atoms with van der Waals surface area (Å²) in [5.74, 6) is 2.18. The zero-order valence-corrected chi connectivity index (χ0v) is 18.2. The van der Waals surface area contributed by atoms with Gasteiger partial charge in [0.2, 0.25) is 5.91 Å². The minimum atomic E-state index is -0.111. The molecule has 0 unspecified atom stereocenters. The molecule has 0 spiro atoms. The van der Waals surface area contributed by atoms with Gasteiger partial charge in [0.15, 0.2) is 5.96 Å². The third-order valence-electron chi connectivity index (χ3n) is 4.17. The molecule has 0 aromatic heterocycles. The van der Waals surface area contributed by atoms with E-state index in [1.54, 1.807) is 13.1 Å². The molecule has 0 fully saturated rings. The number of amides is 1. The predicted octanol–water partition coefficient (Wildman–Crippen LogP) is 3.49. The second kappa shape index (κ2) is 12.4. The first kappa shape index (κ1) is 23.1. The Labute approximate surface area is 178 Å². The Kier molecular flexibility index (Phi) is 9.51. The van der Waals surface area contributed by atoms with Gasteiger partial charge in [-0.25, -0.2) is 0 Å². The van der Waals surface area contributed by atoms with Gasteiger partial charge in [-0.2, -0.15) is 0 Å². The summed E-state index contributed by atoms with van der Waals surface area (Å²) < 4.78 is 11.6. The quantitative estimate of drug-likeness (QED) is 0.316. The fourth-order valence-electron chi connectivity index (χ4n) is 2.76. The van der Waals surface area contributed by atoms with Crippen LogP contribution in [0.5, 0.6) is 11.5 Å². The molecular weight excluding hydrogens is 380 g/mol. The smallest absolute Gasteiger partial charge is 0.221 e. The van der Waals surface area contributed by atoms with Gasteiger partial charge < -0.3 is 25.4 Å². The maximum absolute atomic E-state index is 11.2. The van der Waals surface area contributed by atoms with Crippen molar-refractivity contribution in [2.75, 3.05) is 32.1 Å².